The molecule has 1 saturated heterocycles. The fraction of sp³-hybridized carbons (Fsp3) is 0.407. The van der Waals surface area contributed by atoms with Gasteiger partial charge < -0.3 is 10.2 Å². The summed E-state index contributed by atoms with van der Waals surface area (Å²) in [7, 11) is 1.78. The summed E-state index contributed by atoms with van der Waals surface area (Å²) in [6.07, 6.45) is 3.57. The number of carbonyl (C=O) groups excluding carboxylic acids is 1. The number of aryl methyl sites for hydroxylation is 2. The van der Waals surface area contributed by atoms with Crippen molar-refractivity contribution in [3.8, 4) is 0 Å². The highest BCUT2D eigenvalue weighted by atomic mass is 35.5. The molecule has 3 aromatic heterocycles. The van der Waals surface area contributed by atoms with Crippen molar-refractivity contribution >= 4 is 52.0 Å². The SMILES string of the molecule is CSNC(=O)c1nc(Cl)ccc1NC(C)c1cc(C)cc2c(=O)n(C)c(N3CC4C(C3)C4n3cnc(C)n3)nc12. The lowest BCUT2D eigenvalue weighted by Crippen LogP contribution is -2.33. The average molecular weight is 580 g/mol. The number of hydrogen-bond acceptors (Lipinski definition) is 9. The minimum atomic E-state index is -0.347. The van der Waals surface area contributed by atoms with E-state index < -0.39 is 0 Å². The van der Waals surface area contributed by atoms with Gasteiger partial charge in [0.15, 0.2) is 5.69 Å². The van der Waals surface area contributed by atoms with Gasteiger partial charge in [-0.3, -0.25) is 18.9 Å². The van der Waals surface area contributed by atoms with Crippen LogP contribution in [0.4, 0.5) is 11.6 Å². The van der Waals surface area contributed by atoms with Gasteiger partial charge in [0.1, 0.15) is 17.3 Å². The first-order valence-electron chi connectivity index (χ1n) is 13.1. The fourth-order valence-electron chi connectivity index (χ4n) is 5.89. The molecule has 2 N–H and O–H groups in total. The summed E-state index contributed by atoms with van der Waals surface area (Å²) in [6, 6.07) is 7.36. The number of fused-ring (bicyclic) bond motifs is 2. The maximum atomic E-state index is 13.6. The highest BCUT2D eigenvalue weighted by Crippen LogP contribution is 2.55. The quantitative estimate of drug-likeness (QED) is 0.249. The van der Waals surface area contributed by atoms with Crippen molar-refractivity contribution < 1.29 is 4.79 Å². The third-order valence-electron chi connectivity index (χ3n) is 7.80. The molecule has 13 heteroatoms. The number of benzene rings is 1. The van der Waals surface area contributed by atoms with E-state index in [4.69, 9.17) is 16.6 Å². The fourth-order valence-corrected chi connectivity index (χ4v) is 6.32. The van der Waals surface area contributed by atoms with Gasteiger partial charge in [-0.25, -0.2) is 19.6 Å². The first-order chi connectivity index (χ1) is 19.2. The van der Waals surface area contributed by atoms with Crippen molar-refractivity contribution in [2.24, 2.45) is 18.9 Å². The molecule has 1 aliphatic heterocycles. The molecule has 3 atom stereocenters. The molecule has 0 spiro atoms. The Morgan fingerprint density at radius 1 is 1.18 bits per heavy atom. The average Bonchev–Trinajstić information content (AvgIpc) is 3.21. The summed E-state index contributed by atoms with van der Waals surface area (Å²) in [6.45, 7) is 7.45. The van der Waals surface area contributed by atoms with E-state index in [-0.39, 0.29) is 28.4 Å². The number of amides is 1. The highest BCUT2D eigenvalue weighted by molar-refractivity contribution is 7.97. The minimum Gasteiger partial charge on any atom is -0.377 e. The third kappa shape index (κ3) is 4.58. The van der Waals surface area contributed by atoms with Crippen LogP contribution < -0.4 is 20.5 Å². The van der Waals surface area contributed by atoms with Crippen LogP contribution in [0.25, 0.3) is 10.9 Å². The predicted octanol–water partition coefficient (Wildman–Crippen LogP) is 3.68. The van der Waals surface area contributed by atoms with Crippen LogP contribution in [0.5, 0.6) is 0 Å². The van der Waals surface area contributed by atoms with E-state index in [1.165, 1.54) is 11.9 Å². The van der Waals surface area contributed by atoms with Crippen molar-refractivity contribution in [2.75, 3.05) is 29.6 Å². The van der Waals surface area contributed by atoms with Gasteiger partial charge in [-0.15, -0.1) is 0 Å². The maximum Gasteiger partial charge on any atom is 0.281 e. The number of piperidine rings is 1. The van der Waals surface area contributed by atoms with E-state index in [0.717, 1.165) is 30.0 Å². The number of anilines is 2. The Morgan fingerprint density at radius 3 is 2.60 bits per heavy atom. The van der Waals surface area contributed by atoms with Gasteiger partial charge in [0, 0.05) is 43.8 Å². The van der Waals surface area contributed by atoms with Gasteiger partial charge in [0.05, 0.1) is 28.7 Å². The molecule has 11 nitrogen and oxygen atoms in total. The number of pyridine rings is 1. The molecule has 6 rings (SSSR count). The number of aromatic nitrogens is 6. The van der Waals surface area contributed by atoms with Crippen LogP contribution >= 0.6 is 23.5 Å². The second-order valence-corrected chi connectivity index (χ2v) is 11.6. The van der Waals surface area contributed by atoms with E-state index in [1.54, 1.807) is 30.0 Å². The first-order valence-corrected chi connectivity index (χ1v) is 14.7. The zero-order valence-electron chi connectivity index (χ0n) is 22.8. The Bertz CT molecular complexity index is 1690. The summed E-state index contributed by atoms with van der Waals surface area (Å²) in [5.74, 6) is 1.99. The van der Waals surface area contributed by atoms with Crippen LogP contribution in [0, 0.1) is 25.7 Å². The van der Waals surface area contributed by atoms with Crippen LogP contribution in [-0.2, 0) is 7.05 Å². The second-order valence-electron chi connectivity index (χ2n) is 10.6. The van der Waals surface area contributed by atoms with Gasteiger partial charge in [-0.2, -0.15) is 5.10 Å². The van der Waals surface area contributed by atoms with Crippen LogP contribution in [0.1, 0.15) is 46.4 Å². The zero-order valence-corrected chi connectivity index (χ0v) is 24.4. The number of nitrogens with one attached hydrogen (secondary N) is 2. The van der Waals surface area contributed by atoms with Gasteiger partial charge in [0.25, 0.3) is 11.5 Å². The van der Waals surface area contributed by atoms with E-state index in [2.05, 4.69) is 30.0 Å². The third-order valence-corrected chi connectivity index (χ3v) is 8.40. The Kier molecular flexibility index (Phi) is 6.70. The Balaban J connectivity index is 1.33. The molecule has 3 unspecified atom stereocenters. The first kappa shape index (κ1) is 26.6. The lowest BCUT2D eigenvalue weighted by Gasteiger charge is -2.25. The Morgan fingerprint density at radius 2 is 1.93 bits per heavy atom. The summed E-state index contributed by atoms with van der Waals surface area (Å²) < 4.78 is 6.33. The molecule has 0 radical (unpaired) electrons. The summed E-state index contributed by atoms with van der Waals surface area (Å²) >= 11 is 7.29. The van der Waals surface area contributed by atoms with E-state index in [9.17, 15) is 9.59 Å². The normalized spacial score (nSPS) is 20.4. The molecule has 208 valence electrons. The van der Waals surface area contributed by atoms with E-state index >= 15 is 0 Å². The topological polar surface area (TPSA) is 123 Å². The van der Waals surface area contributed by atoms with E-state index in [0.29, 0.717) is 40.4 Å². The minimum absolute atomic E-state index is 0.0885. The Labute approximate surface area is 240 Å². The molecule has 0 bridgehead atoms. The lowest BCUT2D eigenvalue weighted by atomic mass is 10.0. The van der Waals surface area contributed by atoms with Gasteiger partial charge >= 0.3 is 0 Å². The van der Waals surface area contributed by atoms with Crippen molar-refractivity contribution in [3.05, 3.63) is 68.7 Å². The summed E-state index contributed by atoms with van der Waals surface area (Å²) in [4.78, 5) is 42.0. The molecular formula is C27H30ClN9O2S. The number of hydrogen-bond donors (Lipinski definition) is 2. The molecule has 1 aliphatic carbocycles. The molecular weight excluding hydrogens is 550 g/mol. The molecule has 1 amide bonds. The molecule has 2 aliphatic rings. The summed E-state index contributed by atoms with van der Waals surface area (Å²) in [5, 5.41) is 8.70. The molecule has 1 aromatic carbocycles. The smallest absolute Gasteiger partial charge is 0.281 e. The zero-order chi connectivity index (χ0) is 28.3. The van der Waals surface area contributed by atoms with Gasteiger partial charge in [-0.05, 0) is 44.5 Å². The summed E-state index contributed by atoms with van der Waals surface area (Å²) in [5.41, 5.74) is 3.10. The van der Waals surface area contributed by atoms with Gasteiger partial charge in [0.2, 0.25) is 5.95 Å². The monoisotopic (exact) mass is 579 g/mol. The van der Waals surface area contributed by atoms with Crippen molar-refractivity contribution in [1.82, 2.24) is 34.0 Å². The molecule has 1 saturated carbocycles. The molecule has 4 aromatic rings. The van der Waals surface area contributed by atoms with Crippen molar-refractivity contribution in [3.63, 3.8) is 0 Å². The van der Waals surface area contributed by atoms with Crippen LogP contribution in [0.3, 0.4) is 0 Å². The largest absolute Gasteiger partial charge is 0.377 e. The van der Waals surface area contributed by atoms with Crippen LogP contribution in [-0.4, -0.2) is 54.6 Å². The van der Waals surface area contributed by atoms with Crippen molar-refractivity contribution in [2.45, 2.75) is 32.9 Å². The van der Waals surface area contributed by atoms with E-state index in [1.807, 2.05) is 43.9 Å². The highest BCUT2D eigenvalue weighted by Gasteiger charge is 2.58. The molecule has 4 heterocycles. The lowest BCUT2D eigenvalue weighted by molar-refractivity contribution is 0.0980. The van der Waals surface area contributed by atoms with Gasteiger partial charge in [-0.1, -0.05) is 29.6 Å². The number of carbonyl (C=O) groups is 1. The maximum absolute atomic E-state index is 13.6. The van der Waals surface area contributed by atoms with Crippen LogP contribution in [0.2, 0.25) is 5.15 Å². The Hall–Kier alpha value is -3.64. The predicted molar refractivity (Wildman–Crippen MR) is 157 cm³/mol. The second kappa shape index (κ2) is 10.1. The standard InChI is InChI=1S/C27H30ClN9O2S/c1-13-8-16(14(2)30-20-6-7-21(28)31-23(20)25(38)34-40-5)22-17(9-13)26(39)35(4)27(32-22)36-10-18-19(11-36)24(18)37-12-29-15(3)33-37/h6-9,12,14,18-19,24,30H,10-11H2,1-5H3,(H,34,38). The number of rotatable bonds is 7. The number of halogens is 1. The molecule has 40 heavy (non-hydrogen) atoms. The number of nitrogens with zero attached hydrogens (tertiary/aromatic N) is 7. The van der Waals surface area contributed by atoms with Crippen LogP contribution in [0.15, 0.2) is 35.4 Å². The van der Waals surface area contributed by atoms with Crippen molar-refractivity contribution in [1.29, 1.82) is 0 Å². The molecule has 2 fully saturated rings.